The van der Waals surface area contributed by atoms with Crippen LogP contribution in [0.4, 0.5) is 0 Å². The second-order valence-electron chi connectivity index (χ2n) is 7.54. The molecule has 0 radical (unpaired) electrons. The molecular formula is C20H26N2O3. The van der Waals surface area contributed by atoms with Gasteiger partial charge in [-0.25, -0.2) is 0 Å². The Hall–Kier alpha value is -2.17. The van der Waals surface area contributed by atoms with Crippen molar-refractivity contribution in [1.82, 2.24) is 9.80 Å². The highest BCUT2D eigenvalue weighted by Gasteiger charge is 2.59. The predicted octanol–water partition coefficient (Wildman–Crippen LogP) is 2.00. The van der Waals surface area contributed by atoms with Crippen LogP contribution in [0.25, 0.3) is 0 Å². The molecule has 1 aromatic carbocycles. The molecule has 2 heterocycles. The third-order valence-corrected chi connectivity index (χ3v) is 5.62. The van der Waals surface area contributed by atoms with E-state index in [1.807, 2.05) is 60.9 Å². The summed E-state index contributed by atoms with van der Waals surface area (Å²) in [5.41, 5.74) is -0.655. The van der Waals surface area contributed by atoms with Gasteiger partial charge in [0.05, 0.1) is 10.8 Å². The zero-order valence-corrected chi connectivity index (χ0v) is 15.2. The average Bonchev–Trinajstić information content (AvgIpc) is 2.62. The maximum absolute atomic E-state index is 13.5. The lowest BCUT2D eigenvalue weighted by atomic mass is 9.60. The van der Waals surface area contributed by atoms with Crippen LogP contribution in [0.15, 0.2) is 30.3 Å². The lowest BCUT2D eigenvalue weighted by molar-refractivity contribution is -0.160. The molecular weight excluding hydrogens is 316 g/mol. The van der Waals surface area contributed by atoms with Gasteiger partial charge in [0.25, 0.3) is 0 Å². The van der Waals surface area contributed by atoms with Crippen molar-refractivity contribution in [1.29, 1.82) is 0 Å². The molecule has 0 atom stereocenters. The molecule has 134 valence electrons. The number of carbonyl (C=O) groups excluding carboxylic acids is 3. The first-order valence-electron chi connectivity index (χ1n) is 9.02. The molecule has 0 aliphatic carbocycles. The van der Waals surface area contributed by atoms with Crippen molar-refractivity contribution in [3.8, 4) is 0 Å². The Morgan fingerprint density at radius 2 is 1.40 bits per heavy atom. The number of hydrogen-bond acceptors (Lipinski definition) is 3. The molecule has 2 saturated heterocycles. The summed E-state index contributed by atoms with van der Waals surface area (Å²) in [7, 11) is 0. The summed E-state index contributed by atoms with van der Waals surface area (Å²) >= 11 is 0. The van der Waals surface area contributed by atoms with Crippen LogP contribution in [0, 0.1) is 5.41 Å². The van der Waals surface area contributed by atoms with E-state index in [1.54, 1.807) is 0 Å². The third kappa shape index (κ3) is 2.75. The van der Waals surface area contributed by atoms with Gasteiger partial charge in [0.15, 0.2) is 5.78 Å². The Morgan fingerprint density at radius 3 is 1.84 bits per heavy atom. The molecule has 5 nitrogen and oxygen atoms in total. The highest BCUT2D eigenvalue weighted by molar-refractivity contribution is 5.99. The fourth-order valence-corrected chi connectivity index (χ4v) is 4.44. The first kappa shape index (κ1) is 17.6. The normalized spacial score (nSPS) is 28.8. The highest BCUT2D eigenvalue weighted by atomic mass is 16.2. The van der Waals surface area contributed by atoms with Gasteiger partial charge in [0.1, 0.15) is 0 Å². The van der Waals surface area contributed by atoms with E-state index in [4.69, 9.17) is 0 Å². The molecule has 0 N–H and O–H groups in total. The van der Waals surface area contributed by atoms with Crippen LogP contribution in [0.2, 0.25) is 0 Å². The molecule has 5 heteroatoms. The van der Waals surface area contributed by atoms with Crippen molar-refractivity contribution >= 4 is 17.6 Å². The van der Waals surface area contributed by atoms with E-state index in [2.05, 4.69) is 0 Å². The third-order valence-electron chi connectivity index (χ3n) is 5.62. The molecule has 3 rings (SSSR count). The van der Waals surface area contributed by atoms with Crippen molar-refractivity contribution in [2.45, 2.75) is 39.0 Å². The number of nitrogens with zero attached hydrogens (tertiary/aromatic N) is 2. The molecule has 1 aromatic rings. The molecule has 2 bridgehead atoms. The minimum atomic E-state index is -0.831. The Kier molecular flexibility index (Phi) is 4.43. The molecule has 0 unspecified atom stereocenters. The Labute approximate surface area is 149 Å². The standard InChI is InChI=1S/C20H26N2O3/c1-4-16(23)21-11-19(3)12-22(17(24)5-2)14-20(13-21,18(19)25)15-9-7-6-8-10-15/h6-10H,4-5,11-14H2,1-3H3. The summed E-state index contributed by atoms with van der Waals surface area (Å²) in [6.07, 6.45) is 0.847. The number of Topliss-reactive ketones (excluding diaryl/α,β-unsaturated/α-hetero) is 1. The zero-order valence-electron chi connectivity index (χ0n) is 15.2. The van der Waals surface area contributed by atoms with E-state index in [0.717, 1.165) is 5.56 Å². The van der Waals surface area contributed by atoms with E-state index >= 15 is 0 Å². The maximum Gasteiger partial charge on any atom is 0.222 e. The second kappa shape index (κ2) is 6.28. The van der Waals surface area contributed by atoms with Crippen LogP contribution >= 0.6 is 0 Å². The van der Waals surface area contributed by atoms with E-state index in [1.165, 1.54) is 0 Å². The minimum absolute atomic E-state index is 0.0642. The monoisotopic (exact) mass is 342 g/mol. The van der Waals surface area contributed by atoms with Gasteiger partial charge in [-0.2, -0.15) is 0 Å². The largest absolute Gasteiger partial charge is 0.340 e. The van der Waals surface area contributed by atoms with Crippen molar-refractivity contribution in [2.75, 3.05) is 26.2 Å². The second-order valence-corrected chi connectivity index (χ2v) is 7.54. The summed E-state index contributed by atoms with van der Waals surface area (Å²) in [4.78, 5) is 42.0. The van der Waals surface area contributed by atoms with Gasteiger partial charge in [0.2, 0.25) is 11.8 Å². The Balaban J connectivity index is 2.11. The van der Waals surface area contributed by atoms with Crippen LogP contribution in [0.5, 0.6) is 0 Å². The lowest BCUT2D eigenvalue weighted by Crippen LogP contribution is -2.72. The molecule has 2 fully saturated rings. The summed E-state index contributed by atoms with van der Waals surface area (Å²) in [6, 6.07) is 9.63. The molecule has 2 aliphatic heterocycles. The van der Waals surface area contributed by atoms with Gasteiger partial charge in [-0.3, -0.25) is 14.4 Å². The van der Waals surface area contributed by atoms with Crippen LogP contribution in [0.3, 0.4) is 0 Å². The number of piperidine rings is 2. The number of carbonyl (C=O) groups is 3. The summed E-state index contributed by atoms with van der Waals surface area (Å²) in [5, 5.41) is 0. The number of ketones is 1. The summed E-state index contributed by atoms with van der Waals surface area (Å²) in [6.45, 7) is 7.08. The Morgan fingerprint density at radius 1 is 0.920 bits per heavy atom. The number of likely N-dealkylation sites (tertiary alicyclic amines) is 2. The number of amides is 2. The van der Waals surface area contributed by atoms with Crippen molar-refractivity contribution in [3.05, 3.63) is 35.9 Å². The number of rotatable bonds is 3. The van der Waals surface area contributed by atoms with E-state index in [0.29, 0.717) is 39.0 Å². The SMILES string of the molecule is CCC(=O)N1CC2(C)CN(C(=O)CC)CC(c3ccccc3)(C1)C2=O. The van der Waals surface area contributed by atoms with Crippen molar-refractivity contribution < 1.29 is 14.4 Å². The van der Waals surface area contributed by atoms with Gasteiger partial charge in [-0.15, -0.1) is 0 Å². The quantitative estimate of drug-likeness (QED) is 0.844. The van der Waals surface area contributed by atoms with E-state index in [9.17, 15) is 14.4 Å². The van der Waals surface area contributed by atoms with Gasteiger partial charge in [-0.05, 0) is 12.5 Å². The smallest absolute Gasteiger partial charge is 0.222 e. The van der Waals surface area contributed by atoms with Gasteiger partial charge >= 0.3 is 0 Å². The maximum atomic E-state index is 13.5. The molecule has 2 aliphatic rings. The molecule has 0 saturated carbocycles. The number of fused-ring (bicyclic) bond motifs is 2. The number of hydrogen-bond donors (Lipinski definition) is 0. The highest BCUT2D eigenvalue weighted by Crippen LogP contribution is 2.44. The Bertz CT molecular complexity index is 670. The van der Waals surface area contributed by atoms with Gasteiger partial charge < -0.3 is 9.80 Å². The van der Waals surface area contributed by atoms with Gasteiger partial charge in [0, 0.05) is 39.0 Å². The molecule has 2 amide bonds. The van der Waals surface area contributed by atoms with Crippen molar-refractivity contribution in [3.63, 3.8) is 0 Å². The van der Waals surface area contributed by atoms with Crippen LogP contribution in [0.1, 0.15) is 39.2 Å². The topological polar surface area (TPSA) is 57.7 Å². The lowest BCUT2D eigenvalue weighted by Gasteiger charge is -2.56. The van der Waals surface area contributed by atoms with Crippen molar-refractivity contribution in [2.24, 2.45) is 5.41 Å². The fourth-order valence-electron chi connectivity index (χ4n) is 4.44. The minimum Gasteiger partial charge on any atom is -0.340 e. The zero-order chi connectivity index (χ0) is 18.2. The number of benzene rings is 1. The summed E-state index contributed by atoms with van der Waals surface area (Å²) < 4.78 is 0. The molecule has 0 spiro atoms. The van der Waals surface area contributed by atoms with Gasteiger partial charge in [-0.1, -0.05) is 44.2 Å². The average molecular weight is 342 g/mol. The van der Waals surface area contributed by atoms with Crippen LogP contribution in [-0.4, -0.2) is 53.6 Å². The first-order chi connectivity index (χ1) is 11.9. The fraction of sp³-hybridized carbons (Fsp3) is 0.550. The first-order valence-corrected chi connectivity index (χ1v) is 9.02. The van der Waals surface area contributed by atoms with E-state index in [-0.39, 0.29) is 17.6 Å². The van der Waals surface area contributed by atoms with Crippen LogP contribution in [-0.2, 0) is 19.8 Å². The molecule has 25 heavy (non-hydrogen) atoms. The molecule has 0 aromatic heterocycles. The summed E-state index contributed by atoms with van der Waals surface area (Å²) in [5.74, 6) is 0.287. The van der Waals surface area contributed by atoms with Crippen LogP contribution < -0.4 is 0 Å². The van der Waals surface area contributed by atoms with E-state index < -0.39 is 10.8 Å². The predicted molar refractivity (Wildman–Crippen MR) is 95.0 cm³/mol.